The van der Waals surface area contributed by atoms with Gasteiger partial charge in [-0.15, -0.1) is 0 Å². The Hall–Kier alpha value is -2.98. The number of fused-ring (bicyclic) bond motifs is 1. The van der Waals surface area contributed by atoms with E-state index >= 15 is 0 Å². The van der Waals surface area contributed by atoms with Gasteiger partial charge < -0.3 is 9.88 Å². The van der Waals surface area contributed by atoms with Gasteiger partial charge in [0.05, 0.1) is 21.6 Å². The van der Waals surface area contributed by atoms with Gasteiger partial charge in [0, 0.05) is 31.6 Å². The summed E-state index contributed by atoms with van der Waals surface area (Å²) in [5, 5.41) is 19.1. The van der Waals surface area contributed by atoms with Gasteiger partial charge in [0.25, 0.3) is 5.69 Å². The van der Waals surface area contributed by atoms with Crippen LogP contribution in [0.4, 0.5) is 11.4 Å². The number of para-hydroxylation sites is 2. The Bertz CT molecular complexity index is 1110. The number of nitrogens with two attached hydrogens (primary N) is 1. The molecule has 0 amide bonds. The van der Waals surface area contributed by atoms with Crippen molar-refractivity contribution in [3.05, 3.63) is 58.4 Å². The summed E-state index contributed by atoms with van der Waals surface area (Å²) in [7, 11) is -4.11. The zero-order chi connectivity index (χ0) is 19.6. The van der Waals surface area contributed by atoms with Crippen molar-refractivity contribution in [2.45, 2.75) is 24.8 Å². The first kappa shape index (κ1) is 18.8. The van der Waals surface area contributed by atoms with Crippen LogP contribution in [-0.2, 0) is 23.0 Å². The molecule has 3 rings (SSSR count). The zero-order valence-corrected chi connectivity index (χ0v) is 15.4. The predicted molar refractivity (Wildman–Crippen MR) is 102 cm³/mol. The fourth-order valence-electron chi connectivity index (χ4n) is 2.98. The molecule has 9 nitrogen and oxygen atoms in total. The summed E-state index contributed by atoms with van der Waals surface area (Å²) in [5.41, 5.74) is 1.82. The molecule has 27 heavy (non-hydrogen) atoms. The second-order valence-electron chi connectivity index (χ2n) is 5.92. The van der Waals surface area contributed by atoms with Crippen molar-refractivity contribution in [1.82, 2.24) is 9.55 Å². The summed E-state index contributed by atoms with van der Waals surface area (Å²) in [6, 6.07) is 11.4. The molecule has 3 N–H and O–H groups in total. The van der Waals surface area contributed by atoms with Crippen molar-refractivity contribution in [2.24, 2.45) is 5.14 Å². The number of nitrogens with one attached hydrogen (secondary N) is 1. The molecular weight excluding hydrogens is 370 g/mol. The van der Waals surface area contributed by atoms with E-state index in [0.29, 0.717) is 13.0 Å². The molecule has 2 aromatic carbocycles. The van der Waals surface area contributed by atoms with Crippen LogP contribution >= 0.6 is 0 Å². The van der Waals surface area contributed by atoms with Crippen LogP contribution in [0.5, 0.6) is 0 Å². The van der Waals surface area contributed by atoms with Gasteiger partial charge in [0.15, 0.2) is 0 Å². The highest BCUT2D eigenvalue weighted by molar-refractivity contribution is 7.89. The smallest absolute Gasteiger partial charge is 0.270 e. The monoisotopic (exact) mass is 389 g/mol. The molecule has 0 radical (unpaired) electrons. The first-order chi connectivity index (χ1) is 12.8. The van der Waals surface area contributed by atoms with Gasteiger partial charge in [0.2, 0.25) is 10.0 Å². The van der Waals surface area contributed by atoms with E-state index in [1.54, 1.807) is 0 Å². The number of rotatable bonds is 7. The fraction of sp³-hybridized carbons (Fsp3) is 0.235. The van der Waals surface area contributed by atoms with E-state index in [1.807, 2.05) is 31.2 Å². The van der Waals surface area contributed by atoms with Gasteiger partial charge in [-0.1, -0.05) is 12.1 Å². The number of aryl methyl sites for hydroxylation is 1. The Morgan fingerprint density at radius 2 is 2.00 bits per heavy atom. The number of nitrogens with zero attached hydrogens (tertiary/aromatic N) is 3. The topological polar surface area (TPSA) is 133 Å². The minimum absolute atomic E-state index is 0.224. The number of imidazole rings is 1. The number of nitro benzene ring substituents is 1. The van der Waals surface area contributed by atoms with Crippen molar-refractivity contribution < 1.29 is 13.3 Å². The maximum absolute atomic E-state index is 11.8. The minimum Gasteiger partial charge on any atom is -0.383 e. The predicted octanol–water partition coefficient (Wildman–Crippen LogP) is 2.27. The standard InChI is InChI=1S/C17H19N5O4S/c1-2-21-15-6-4-3-5-13(15)20-17(21)9-10-19-14-8-7-12(22(23)24)11-16(14)27(18,25)26/h3-8,11,19H,2,9-10H2,1H3,(H2,18,25,26). The summed E-state index contributed by atoms with van der Waals surface area (Å²) in [6.45, 7) is 3.18. The number of anilines is 1. The van der Waals surface area contributed by atoms with Crippen LogP contribution in [0, 0.1) is 10.1 Å². The average Bonchev–Trinajstić information content (AvgIpc) is 2.98. The summed E-state index contributed by atoms with van der Waals surface area (Å²) in [6.07, 6.45) is 0.545. The molecule has 0 saturated heterocycles. The lowest BCUT2D eigenvalue weighted by atomic mass is 10.2. The molecule has 1 heterocycles. The van der Waals surface area contributed by atoms with Crippen molar-refractivity contribution in [1.29, 1.82) is 0 Å². The number of primary sulfonamides is 1. The number of aromatic nitrogens is 2. The van der Waals surface area contributed by atoms with Crippen molar-refractivity contribution in [3.8, 4) is 0 Å². The maximum atomic E-state index is 11.8. The SMILES string of the molecule is CCn1c(CCNc2ccc([N+](=O)[O-])cc2S(N)(=O)=O)nc2ccccc21. The Kier molecular flexibility index (Phi) is 5.10. The summed E-state index contributed by atoms with van der Waals surface area (Å²) < 4.78 is 25.6. The normalized spacial score (nSPS) is 11.6. The maximum Gasteiger partial charge on any atom is 0.270 e. The van der Waals surface area contributed by atoms with Crippen LogP contribution in [-0.4, -0.2) is 29.4 Å². The van der Waals surface area contributed by atoms with Gasteiger partial charge in [0.1, 0.15) is 10.7 Å². The third-order valence-electron chi connectivity index (χ3n) is 4.20. The number of benzene rings is 2. The van der Waals surface area contributed by atoms with Crippen LogP contribution in [0.15, 0.2) is 47.4 Å². The summed E-state index contributed by atoms with van der Waals surface area (Å²) in [4.78, 5) is 14.5. The first-order valence-corrected chi connectivity index (χ1v) is 9.85. The van der Waals surface area contributed by atoms with Gasteiger partial charge in [-0.25, -0.2) is 18.5 Å². The highest BCUT2D eigenvalue weighted by Gasteiger charge is 2.19. The number of hydrogen-bond acceptors (Lipinski definition) is 6. The summed E-state index contributed by atoms with van der Waals surface area (Å²) in [5.74, 6) is 0.866. The van der Waals surface area contributed by atoms with Gasteiger partial charge >= 0.3 is 0 Å². The Balaban J connectivity index is 1.83. The molecule has 142 valence electrons. The fourth-order valence-corrected chi connectivity index (χ4v) is 3.72. The van der Waals surface area contributed by atoms with Crippen LogP contribution in [0.3, 0.4) is 0 Å². The van der Waals surface area contributed by atoms with Gasteiger partial charge in [-0.05, 0) is 25.1 Å². The first-order valence-electron chi connectivity index (χ1n) is 8.30. The van der Waals surface area contributed by atoms with Crippen LogP contribution in [0.1, 0.15) is 12.7 Å². The minimum atomic E-state index is -4.11. The molecule has 0 aliphatic carbocycles. The Morgan fingerprint density at radius 1 is 1.26 bits per heavy atom. The third kappa shape index (κ3) is 3.91. The average molecular weight is 389 g/mol. The number of nitro groups is 1. The molecule has 0 unspecified atom stereocenters. The molecule has 0 aliphatic rings. The van der Waals surface area contributed by atoms with E-state index in [4.69, 9.17) is 5.14 Å². The number of sulfonamides is 1. The number of non-ortho nitro benzene ring substituents is 1. The molecule has 0 bridgehead atoms. The van der Waals surface area contributed by atoms with Crippen molar-refractivity contribution >= 4 is 32.4 Å². The molecule has 0 atom stereocenters. The van der Waals surface area contributed by atoms with Crippen molar-refractivity contribution in [2.75, 3.05) is 11.9 Å². The van der Waals surface area contributed by atoms with Crippen LogP contribution in [0.2, 0.25) is 0 Å². The van der Waals surface area contributed by atoms with Gasteiger partial charge in [-0.2, -0.15) is 0 Å². The quantitative estimate of drug-likeness (QED) is 0.470. The second-order valence-corrected chi connectivity index (χ2v) is 7.45. The van der Waals surface area contributed by atoms with Crippen molar-refractivity contribution in [3.63, 3.8) is 0 Å². The van der Waals surface area contributed by atoms with Gasteiger partial charge in [-0.3, -0.25) is 10.1 Å². The van der Waals surface area contributed by atoms with E-state index < -0.39 is 14.9 Å². The van der Waals surface area contributed by atoms with Crippen LogP contribution < -0.4 is 10.5 Å². The van der Waals surface area contributed by atoms with E-state index in [9.17, 15) is 18.5 Å². The highest BCUT2D eigenvalue weighted by atomic mass is 32.2. The molecule has 0 fully saturated rings. The molecule has 0 aliphatic heterocycles. The molecular formula is C17H19N5O4S. The second kappa shape index (κ2) is 7.33. The Labute approximate surface area is 156 Å². The lowest BCUT2D eigenvalue weighted by Crippen LogP contribution is -2.17. The molecule has 0 saturated carbocycles. The lowest BCUT2D eigenvalue weighted by Gasteiger charge is -2.11. The zero-order valence-electron chi connectivity index (χ0n) is 14.6. The largest absolute Gasteiger partial charge is 0.383 e. The van der Waals surface area contributed by atoms with Crippen LogP contribution in [0.25, 0.3) is 11.0 Å². The molecule has 0 spiro atoms. The number of hydrogen-bond donors (Lipinski definition) is 2. The van der Waals surface area contributed by atoms with E-state index in [0.717, 1.165) is 29.5 Å². The Morgan fingerprint density at radius 3 is 2.67 bits per heavy atom. The highest BCUT2D eigenvalue weighted by Crippen LogP contribution is 2.25. The van der Waals surface area contributed by atoms with E-state index in [2.05, 4.69) is 14.9 Å². The third-order valence-corrected chi connectivity index (χ3v) is 5.15. The molecule has 3 aromatic rings. The van der Waals surface area contributed by atoms with E-state index in [1.165, 1.54) is 12.1 Å². The summed E-state index contributed by atoms with van der Waals surface area (Å²) >= 11 is 0. The van der Waals surface area contributed by atoms with E-state index in [-0.39, 0.29) is 16.3 Å². The molecule has 10 heteroatoms. The lowest BCUT2D eigenvalue weighted by molar-refractivity contribution is -0.385. The molecule has 1 aromatic heterocycles.